The Morgan fingerprint density at radius 1 is 1.41 bits per heavy atom. The summed E-state index contributed by atoms with van der Waals surface area (Å²) in [5.41, 5.74) is 2.42. The van der Waals surface area contributed by atoms with Crippen molar-refractivity contribution in [1.29, 1.82) is 0 Å². The topological polar surface area (TPSA) is 66.9 Å². The van der Waals surface area contributed by atoms with Gasteiger partial charge in [0.15, 0.2) is 4.34 Å². The smallest absolute Gasteiger partial charge is 0.227 e. The monoisotopic (exact) mass is 354 g/mol. The van der Waals surface area contributed by atoms with Crippen LogP contribution in [0.4, 0.5) is 5.69 Å². The Balaban J connectivity index is 1.65. The van der Waals surface area contributed by atoms with Crippen molar-refractivity contribution in [2.24, 2.45) is 5.92 Å². The summed E-state index contributed by atoms with van der Waals surface area (Å²) in [5.74, 6) is 0.151. The Morgan fingerprint density at radius 3 is 2.91 bits per heavy atom. The van der Waals surface area contributed by atoms with E-state index in [-0.39, 0.29) is 11.8 Å². The summed E-state index contributed by atoms with van der Waals surface area (Å²) in [7, 11) is 0. The Kier molecular flexibility index (Phi) is 5.30. The summed E-state index contributed by atoms with van der Waals surface area (Å²) < 4.78 is 0.841. The van der Waals surface area contributed by atoms with E-state index in [2.05, 4.69) is 20.8 Å². The summed E-state index contributed by atoms with van der Waals surface area (Å²) in [6.07, 6.45) is 1.76. The molecule has 3 rings (SSSR count). The van der Waals surface area contributed by atoms with Crippen LogP contribution < -0.4 is 10.6 Å². The number of hydrogen-bond acceptors (Lipinski definition) is 6. The zero-order valence-corrected chi connectivity index (χ0v) is 14.1. The van der Waals surface area contributed by atoms with E-state index in [1.54, 1.807) is 11.6 Å². The van der Waals surface area contributed by atoms with E-state index in [1.807, 2.05) is 12.1 Å². The molecule has 8 heteroatoms. The molecule has 0 radical (unpaired) electrons. The Labute approximate surface area is 141 Å². The van der Waals surface area contributed by atoms with Crippen LogP contribution >= 0.6 is 34.7 Å². The molecule has 0 spiro atoms. The fourth-order valence-electron chi connectivity index (χ4n) is 2.29. The Hall–Kier alpha value is -1.15. The second-order valence-corrected chi connectivity index (χ2v) is 7.49. The number of nitrogens with one attached hydrogen (secondary N) is 2. The van der Waals surface area contributed by atoms with E-state index in [1.165, 1.54) is 23.1 Å². The van der Waals surface area contributed by atoms with Gasteiger partial charge in [-0.15, -0.1) is 10.2 Å². The van der Waals surface area contributed by atoms with E-state index in [4.69, 9.17) is 11.6 Å². The lowest BCUT2D eigenvalue weighted by molar-refractivity contribution is -0.120. The zero-order chi connectivity index (χ0) is 15.4. The van der Waals surface area contributed by atoms with Gasteiger partial charge in [-0.05, 0) is 44.1 Å². The minimum atomic E-state index is 0.0714. The summed E-state index contributed by atoms with van der Waals surface area (Å²) in [6, 6.07) is 5.55. The van der Waals surface area contributed by atoms with Crippen LogP contribution in [0.15, 0.2) is 32.9 Å². The number of benzene rings is 1. The predicted octanol–water partition coefficient (Wildman–Crippen LogP) is 3.28. The summed E-state index contributed by atoms with van der Waals surface area (Å²) in [6.45, 7) is 1.80. The number of carbonyl (C=O) groups excluding carboxylic acids is 1. The van der Waals surface area contributed by atoms with E-state index < -0.39 is 0 Å². The molecule has 0 unspecified atom stereocenters. The standard InChI is InChI=1S/C14H15ClN4OS2/c15-11-7-10(18-13(20)9-3-5-16-6-4-9)1-2-12(11)22-14-19-17-8-21-14/h1-2,7-9,16H,3-6H2,(H,18,20). The minimum absolute atomic E-state index is 0.0714. The summed E-state index contributed by atoms with van der Waals surface area (Å²) in [4.78, 5) is 13.1. The molecule has 1 aliphatic rings. The van der Waals surface area contributed by atoms with Gasteiger partial charge in [-0.3, -0.25) is 4.79 Å². The molecular weight excluding hydrogens is 340 g/mol. The van der Waals surface area contributed by atoms with E-state index in [9.17, 15) is 4.79 Å². The minimum Gasteiger partial charge on any atom is -0.326 e. The lowest BCUT2D eigenvalue weighted by Gasteiger charge is -2.21. The van der Waals surface area contributed by atoms with Gasteiger partial charge >= 0.3 is 0 Å². The summed E-state index contributed by atoms with van der Waals surface area (Å²) >= 11 is 9.22. The van der Waals surface area contributed by atoms with Crippen molar-refractivity contribution >= 4 is 46.3 Å². The number of rotatable bonds is 4. The molecular formula is C14H15ClN4OS2. The van der Waals surface area contributed by atoms with Gasteiger partial charge in [0.1, 0.15) is 5.51 Å². The molecule has 2 heterocycles. The summed E-state index contributed by atoms with van der Waals surface area (Å²) in [5, 5.41) is 14.6. The largest absolute Gasteiger partial charge is 0.326 e. The van der Waals surface area contributed by atoms with Crippen LogP contribution in [-0.2, 0) is 4.79 Å². The molecule has 1 fully saturated rings. The number of halogens is 1. The molecule has 0 atom stereocenters. The van der Waals surface area contributed by atoms with Crippen molar-refractivity contribution in [3.05, 3.63) is 28.7 Å². The molecule has 0 bridgehead atoms. The van der Waals surface area contributed by atoms with Crippen LogP contribution in [0.5, 0.6) is 0 Å². The number of carbonyl (C=O) groups is 1. The Morgan fingerprint density at radius 2 is 2.23 bits per heavy atom. The maximum Gasteiger partial charge on any atom is 0.227 e. The first kappa shape index (κ1) is 15.7. The number of amides is 1. The highest BCUT2D eigenvalue weighted by molar-refractivity contribution is 8.01. The molecule has 1 amide bonds. The third kappa shape index (κ3) is 3.98. The molecule has 2 aromatic rings. The van der Waals surface area contributed by atoms with Crippen molar-refractivity contribution in [3.63, 3.8) is 0 Å². The predicted molar refractivity (Wildman–Crippen MR) is 89.7 cm³/mol. The average molecular weight is 355 g/mol. The molecule has 1 aromatic carbocycles. The second-order valence-electron chi connectivity index (χ2n) is 4.97. The van der Waals surface area contributed by atoms with E-state index in [0.717, 1.165) is 40.9 Å². The van der Waals surface area contributed by atoms with Gasteiger partial charge in [0.05, 0.1) is 5.02 Å². The van der Waals surface area contributed by atoms with Gasteiger partial charge in [-0.25, -0.2) is 0 Å². The first-order chi connectivity index (χ1) is 10.7. The van der Waals surface area contributed by atoms with Crippen LogP contribution in [0.3, 0.4) is 0 Å². The molecule has 1 aliphatic heterocycles. The van der Waals surface area contributed by atoms with E-state index in [0.29, 0.717) is 5.02 Å². The van der Waals surface area contributed by atoms with Crippen molar-refractivity contribution in [1.82, 2.24) is 15.5 Å². The third-order valence-electron chi connectivity index (χ3n) is 3.45. The van der Waals surface area contributed by atoms with Crippen LogP contribution in [0.1, 0.15) is 12.8 Å². The van der Waals surface area contributed by atoms with Crippen LogP contribution in [0.2, 0.25) is 5.02 Å². The highest BCUT2D eigenvalue weighted by atomic mass is 35.5. The quantitative estimate of drug-likeness (QED) is 0.882. The fourth-order valence-corrected chi connectivity index (χ4v) is 4.03. The van der Waals surface area contributed by atoms with Crippen LogP contribution in [0.25, 0.3) is 0 Å². The lowest BCUT2D eigenvalue weighted by atomic mass is 9.97. The SMILES string of the molecule is O=C(Nc1ccc(Sc2nncs2)c(Cl)c1)C1CCNCC1. The molecule has 5 nitrogen and oxygen atoms in total. The van der Waals surface area contributed by atoms with Gasteiger partial charge in [0.2, 0.25) is 5.91 Å². The number of aromatic nitrogens is 2. The van der Waals surface area contributed by atoms with Crippen molar-refractivity contribution in [2.45, 2.75) is 22.1 Å². The van der Waals surface area contributed by atoms with Crippen molar-refractivity contribution in [3.8, 4) is 0 Å². The average Bonchev–Trinajstić information content (AvgIpc) is 3.04. The molecule has 2 N–H and O–H groups in total. The van der Waals surface area contributed by atoms with Gasteiger partial charge in [0, 0.05) is 16.5 Å². The second kappa shape index (κ2) is 7.41. The number of piperidine rings is 1. The first-order valence-electron chi connectivity index (χ1n) is 6.97. The number of anilines is 1. The molecule has 116 valence electrons. The molecule has 0 aliphatic carbocycles. The highest BCUT2D eigenvalue weighted by Gasteiger charge is 2.21. The number of nitrogens with zero attached hydrogens (tertiary/aromatic N) is 2. The van der Waals surface area contributed by atoms with E-state index >= 15 is 0 Å². The number of hydrogen-bond donors (Lipinski definition) is 2. The maximum atomic E-state index is 12.2. The van der Waals surface area contributed by atoms with Gasteiger partial charge < -0.3 is 10.6 Å². The molecule has 0 saturated carbocycles. The third-order valence-corrected chi connectivity index (χ3v) is 5.73. The zero-order valence-electron chi connectivity index (χ0n) is 11.7. The van der Waals surface area contributed by atoms with Gasteiger partial charge in [-0.2, -0.15) is 0 Å². The molecule has 1 saturated heterocycles. The van der Waals surface area contributed by atoms with Gasteiger partial charge in [0.25, 0.3) is 0 Å². The van der Waals surface area contributed by atoms with Crippen LogP contribution in [0, 0.1) is 5.92 Å². The maximum absolute atomic E-state index is 12.2. The lowest BCUT2D eigenvalue weighted by Crippen LogP contribution is -2.34. The van der Waals surface area contributed by atoms with Crippen LogP contribution in [-0.4, -0.2) is 29.2 Å². The normalized spacial score (nSPS) is 15.7. The van der Waals surface area contributed by atoms with Crippen molar-refractivity contribution < 1.29 is 4.79 Å². The molecule has 1 aromatic heterocycles. The van der Waals surface area contributed by atoms with Crippen molar-refractivity contribution in [2.75, 3.05) is 18.4 Å². The molecule has 22 heavy (non-hydrogen) atoms. The fraction of sp³-hybridized carbons (Fsp3) is 0.357. The first-order valence-corrected chi connectivity index (χ1v) is 9.05. The van der Waals surface area contributed by atoms with Gasteiger partial charge in [-0.1, -0.05) is 34.7 Å². The Bertz CT molecular complexity index is 644. The highest BCUT2D eigenvalue weighted by Crippen LogP contribution is 2.35.